The zero-order valence-corrected chi connectivity index (χ0v) is 11.9. The van der Waals surface area contributed by atoms with Crippen LogP contribution in [0.25, 0.3) is 0 Å². The summed E-state index contributed by atoms with van der Waals surface area (Å²) in [5.41, 5.74) is 0.625. The predicted molar refractivity (Wildman–Crippen MR) is 77.0 cm³/mol. The van der Waals surface area contributed by atoms with E-state index in [1.54, 1.807) is 35.8 Å². The molecule has 0 saturated carbocycles. The van der Waals surface area contributed by atoms with Crippen molar-refractivity contribution >= 4 is 23.2 Å². The summed E-state index contributed by atoms with van der Waals surface area (Å²) in [5.74, 6) is 0.648. The zero-order valence-electron chi connectivity index (χ0n) is 10.4. The molecule has 100 valence electrons. The highest BCUT2D eigenvalue weighted by molar-refractivity contribution is 6.35. The molecule has 2 rings (SSSR count). The largest absolute Gasteiger partial charge is 0.346 e. The van der Waals surface area contributed by atoms with Crippen LogP contribution in [0.15, 0.2) is 35.6 Å². The third-order valence-electron chi connectivity index (χ3n) is 2.75. The van der Waals surface area contributed by atoms with Crippen molar-refractivity contribution in [1.29, 1.82) is 0 Å². The third-order valence-corrected chi connectivity index (χ3v) is 3.34. The smallest absolute Gasteiger partial charge is 0.275 e. The Balaban J connectivity index is 2.36. The summed E-state index contributed by atoms with van der Waals surface area (Å²) in [6.07, 6.45) is 1.66. The van der Waals surface area contributed by atoms with Crippen molar-refractivity contribution in [3.05, 3.63) is 62.8 Å². The Bertz CT molecular complexity index is 673. The van der Waals surface area contributed by atoms with Gasteiger partial charge in [0.25, 0.3) is 0 Å². The van der Waals surface area contributed by atoms with E-state index in [0.717, 1.165) is 5.56 Å². The second-order valence-electron chi connectivity index (χ2n) is 4.12. The van der Waals surface area contributed by atoms with Crippen LogP contribution < -0.4 is 5.69 Å². The number of aromatic nitrogens is 3. The maximum atomic E-state index is 12.1. The molecule has 0 aliphatic rings. The Labute approximate surface area is 120 Å². The third kappa shape index (κ3) is 2.91. The molecule has 0 N–H and O–H groups in total. The molecule has 6 heteroatoms. The maximum absolute atomic E-state index is 12.1. The van der Waals surface area contributed by atoms with E-state index in [-0.39, 0.29) is 5.69 Å². The standard InChI is InChI=1S/C13H13Cl2N3O/c1-3-6-17-9(2)16-18(13(17)19)8-10-4-5-11(14)7-12(10)15/h3-5,7H,1,6,8H2,2H3. The number of rotatable bonds is 4. The molecule has 0 fully saturated rings. The van der Waals surface area contributed by atoms with Crippen LogP contribution in [0.5, 0.6) is 0 Å². The number of hydrogen-bond donors (Lipinski definition) is 0. The molecule has 1 aromatic carbocycles. The minimum absolute atomic E-state index is 0.177. The van der Waals surface area contributed by atoms with Gasteiger partial charge in [0.2, 0.25) is 0 Å². The molecule has 19 heavy (non-hydrogen) atoms. The highest BCUT2D eigenvalue weighted by Crippen LogP contribution is 2.21. The first-order valence-corrected chi connectivity index (χ1v) is 6.47. The predicted octanol–water partition coefficient (Wildman–Crippen LogP) is 2.89. The fourth-order valence-corrected chi connectivity index (χ4v) is 2.27. The van der Waals surface area contributed by atoms with E-state index < -0.39 is 0 Å². The lowest BCUT2D eigenvalue weighted by atomic mass is 10.2. The maximum Gasteiger partial charge on any atom is 0.346 e. The van der Waals surface area contributed by atoms with Crippen molar-refractivity contribution in [2.75, 3.05) is 0 Å². The van der Waals surface area contributed by atoms with Crippen LogP contribution in [0.4, 0.5) is 0 Å². The van der Waals surface area contributed by atoms with Crippen LogP contribution in [0.3, 0.4) is 0 Å². The molecule has 0 atom stereocenters. The molecule has 0 saturated heterocycles. The van der Waals surface area contributed by atoms with Crippen molar-refractivity contribution in [2.45, 2.75) is 20.0 Å². The molecule has 0 bridgehead atoms. The van der Waals surface area contributed by atoms with E-state index in [0.29, 0.717) is 29.0 Å². The van der Waals surface area contributed by atoms with E-state index in [4.69, 9.17) is 23.2 Å². The van der Waals surface area contributed by atoms with E-state index in [1.807, 2.05) is 0 Å². The van der Waals surface area contributed by atoms with Crippen LogP contribution >= 0.6 is 23.2 Å². The van der Waals surface area contributed by atoms with Gasteiger partial charge in [-0.2, -0.15) is 5.10 Å². The lowest BCUT2D eigenvalue weighted by molar-refractivity contribution is 0.639. The van der Waals surface area contributed by atoms with Gasteiger partial charge in [0.1, 0.15) is 5.82 Å². The lowest BCUT2D eigenvalue weighted by Gasteiger charge is -2.03. The highest BCUT2D eigenvalue weighted by Gasteiger charge is 2.10. The number of aryl methyl sites for hydroxylation is 1. The first-order valence-electron chi connectivity index (χ1n) is 5.72. The summed E-state index contributed by atoms with van der Waals surface area (Å²) in [7, 11) is 0. The minimum atomic E-state index is -0.177. The Hall–Kier alpha value is -1.52. The molecule has 0 unspecified atom stereocenters. The molecule has 0 amide bonds. The zero-order chi connectivity index (χ0) is 14.0. The second kappa shape index (κ2) is 5.63. The fourth-order valence-electron chi connectivity index (χ4n) is 1.80. The molecule has 0 aliphatic heterocycles. The van der Waals surface area contributed by atoms with Gasteiger partial charge < -0.3 is 0 Å². The van der Waals surface area contributed by atoms with Gasteiger partial charge >= 0.3 is 5.69 Å². The van der Waals surface area contributed by atoms with Gasteiger partial charge in [-0.3, -0.25) is 4.57 Å². The van der Waals surface area contributed by atoms with Crippen LogP contribution in [-0.2, 0) is 13.1 Å². The average molecular weight is 298 g/mol. The van der Waals surface area contributed by atoms with E-state index >= 15 is 0 Å². The van der Waals surface area contributed by atoms with Gasteiger partial charge in [-0.1, -0.05) is 35.3 Å². The van der Waals surface area contributed by atoms with Crippen LogP contribution in [0.2, 0.25) is 10.0 Å². The van der Waals surface area contributed by atoms with Crippen molar-refractivity contribution in [3.8, 4) is 0 Å². The second-order valence-corrected chi connectivity index (χ2v) is 4.97. The number of halogens is 2. The van der Waals surface area contributed by atoms with Gasteiger partial charge in [-0.25, -0.2) is 9.48 Å². The first-order chi connectivity index (χ1) is 9.02. The fraction of sp³-hybridized carbons (Fsp3) is 0.231. The molecule has 0 spiro atoms. The molecular formula is C13H13Cl2N3O. The van der Waals surface area contributed by atoms with Gasteiger partial charge in [0, 0.05) is 16.6 Å². The Kier molecular flexibility index (Phi) is 4.12. The van der Waals surface area contributed by atoms with Crippen LogP contribution in [0.1, 0.15) is 11.4 Å². The van der Waals surface area contributed by atoms with Crippen LogP contribution in [0, 0.1) is 6.92 Å². The number of nitrogens with zero attached hydrogens (tertiary/aromatic N) is 3. The number of allylic oxidation sites excluding steroid dienone is 1. The summed E-state index contributed by atoms with van der Waals surface area (Å²) >= 11 is 11.9. The van der Waals surface area contributed by atoms with Crippen molar-refractivity contribution in [3.63, 3.8) is 0 Å². The molecule has 4 nitrogen and oxygen atoms in total. The highest BCUT2D eigenvalue weighted by atomic mass is 35.5. The molecule has 1 aromatic heterocycles. The quantitative estimate of drug-likeness (QED) is 0.814. The Morgan fingerprint density at radius 1 is 1.42 bits per heavy atom. The summed E-state index contributed by atoms with van der Waals surface area (Å²) in [6.45, 7) is 6.17. The molecule has 1 heterocycles. The Morgan fingerprint density at radius 2 is 2.16 bits per heavy atom. The van der Waals surface area contributed by atoms with E-state index in [9.17, 15) is 4.79 Å². The Morgan fingerprint density at radius 3 is 2.79 bits per heavy atom. The van der Waals surface area contributed by atoms with Crippen molar-refractivity contribution < 1.29 is 0 Å². The first kappa shape index (κ1) is 13.9. The van der Waals surface area contributed by atoms with Gasteiger partial charge in [0.15, 0.2) is 0 Å². The van der Waals surface area contributed by atoms with Gasteiger partial charge in [-0.15, -0.1) is 6.58 Å². The molecule has 0 radical (unpaired) electrons. The minimum Gasteiger partial charge on any atom is -0.275 e. The summed E-state index contributed by atoms with van der Waals surface area (Å²) < 4.78 is 2.94. The topological polar surface area (TPSA) is 39.8 Å². The number of hydrogen-bond acceptors (Lipinski definition) is 2. The van der Waals surface area contributed by atoms with Crippen molar-refractivity contribution in [1.82, 2.24) is 14.3 Å². The summed E-state index contributed by atoms with van der Waals surface area (Å²) in [5, 5.41) is 5.30. The van der Waals surface area contributed by atoms with E-state index in [2.05, 4.69) is 11.7 Å². The van der Waals surface area contributed by atoms with Gasteiger partial charge in [-0.05, 0) is 24.6 Å². The molecule has 2 aromatic rings. The van der Waals surface area contributed by atoms with Crippen molar-refractivity contribution in [2.24, 2.45) is 0 Å². The summed E-state index contributed by atoms with van der Waals surface area (Å²) in [6, 6.07) is 5.18. The van der Waals surface area contributed by atoms with Gasteiger partial charge in [0.05, 0.1) is 6.54 Å². The molecular weight excluding hydrogens is 285 g/mol. The average Bonchev–Trinajstić information content (AvgIpc) is 2.61. The van der Waals surface area contributed by atoms with Crippen LogP contribution in [-0.4, -0.2) is 14.3 Å². The molecule has 0 aliphatic carbocycles. The van der Waals surface area contributed by atoms with E-state index in [1.165, 1.54) is 4.68 Å². The lowest BCUT2D eigenvalue weighted by Crippen LogP contribution is -2.25. The normalized spacial score (nSPS) is 10.7. The monoisotopic (exact) mass is 297 g/mol. The summed E-state index contributed by atoms with van der Waals surface area (Å²) in [4.78, 5) is 12.1. The SMILES string of the molecule is C=CCn1c(C)nn(Cc2ccc(Cl)cc2Cl)c1=O. The number of benzene rings is 1.